The fourth-order valence-corrected chi connectivity index (χ4v) is 11.7. The van der Waals surface area contributed by atoms with E-state index in [2.05, 4.69) is 171 Å². The molecule has 0 aliphatic heterocycles. The van der Waals surface area contributed by atoms with Crippen molar-refractivity contribution in [2.24, 2.45) is 0 Å². The molecule has 284 valence electrons. The number of fused-ring (bicyclic) bond motifs is 20. The minimum Gasteiger partial charge on any atom is -0.289 e. The van der Waals surface area contributed by atoms with Gasteiger partial charge in [0.1, 0.15) is 0 Å². The van der Waals surface area contributed by atoms with Crippen LogP contribution in [-0.2, 0) is 10.8 Å². The van der Waals surface area contributed by atoms with E-state index in [1.807, 2.05) is 36.4 Å². The van der Waals surface area contributed by atoms with E-state index in [-0.39, 0.29) is 11.6 Å². The van der Waals surface area contributed by atoms with E-state index in [0.717, 1.165) is 22.3 Å². The van der Waals surface area contributed by atoms with Crippen molar-refractivity contribution >= 4 is 11.6 Å². The van der Waals surface area contributed by atoms with Gasteiger partial charge in [-0.3, -0.25) is 9.59 Å². The number of hydrogen-bond acceptors (Lipinski definition) is 2. The van der Waals surface area contributed by atoms with Crippen molar-refractivity contribution in [1.82, 2.24) is 0 Å². The number of ketones is 2. The van der Waals surface area contributed by atoms with Crippen molar-refractivity contribution < 1.29 is 9.59 Å². The van der Waals surface area contributed by atoms with Crippen LogP contribution >= 0.6 is 0 Å². The van der Waals surface area contributed by atoms with Crippen molar-refractivity contribution in [3.8, 4) is 44.5 Å². The summed E-state index contributed by atoms with van der Waals surface area (Å²) in [5.41, 5.74) is 21.9. The third-order valence-corrected chi connectivity index (χ3v) is 14.2. The Morgan fingerprint density at radius 1 is 0.279 bits per heavy atom. The van der Waals surface area contributed by atoms with E-state index in [1.54, 1.807) is 0 Å². The normalized spacial score (nSPS) is 16.0. The van der Waals surface area contributed by atoms with Gasteiger partial charge < -0.3 is 0 Å². The highest BCUT2D eigenvalue weighted by atomic mass is 16.1. The molecule has 1 unspecified atom stereocenters. The summed E-state index contributed by atoms with van der Waals surface area (Å²) >= 11 is 0. The summed E-state index contributed by atoms with van der Waals surface area (Å²) in [6.07, 6.45) is 0. The van der Waals surface area contributed by atoms with Crippen LogP contribution < -0.4 is 0 Å². The number of carbonyl (C=O) groups excluding carboxylic acids is 2. The second-order valence-corrected chi connectivity index (χ2v) is 17.0. The summed E-state index contributed by atoms with van der Waals surface area (Å²) in [5, 5.41) is 0. The third kappa shape index (κ3) is 4.26. The summed E-state index contributed by atoms with van der Waals surface area (Å²) in [5.74, 6) is -0.141. The van der Waals surface area contributed by atoms with E-state index in [0.29, 0.717) is 22.3 Å². The molecule has 0 heterocycles. The fourth-order valence-electron chi connectivity index (χ4n) is 11.7. The molecule has 1 atom stereocenters. The van der Waals surface area contributed by atoms with Crippen LogP contribution in [-0.4, -0.2) is 11.6 Å². The molecule has 0 aromatic heterocycles. The van der Waals surface area contributed by atoms with Crippen LogP contribution in [0.4, 0.5) is 0 Å². The van der Waals surface area contributed by atoms with Gasteiger partial charge in [-0.1, -0.05) is 194 Å². The molecule has 9 aromatic rings. The largest absolute Gasteiger partial charge is 0.289 e. The minimum atomic E-state index is -0.533. The summed E-state index contributed by atoms with van der Waals surface area (Å²) in [4.78, 5) is 29.0. The average Bonchev–Trinajstić information content (AvgIpc) is 3.99. The molecule has 2 spiro atoms. The Morgan fingerprint density at radius 2 is 0.541 bits per heavy atom. The smallest absolute Gasteiger partial charge is 0.193 e. The molecule has 2 nitrogen and oxygen atoms in total. The number of benzene rings is 9. The van der Waals surface area contributed by atoms with Crippen molar-refractivity contribution in [2.75, 3.05) is 0 Å². The fraction of sp³-hybridized carbons (Fsp3) is 0.0508. The lowest BCUT2D eigenvalue weighted by Gasteiger charge is -2.30. The van der Waals surface area contributed by atoms with Gasteiger partial charge in [0.2, 0.25) is 0 Å². The van der Waals surface area contributed by atoms with E-state index in [4.69, 9.17) is 0 Å². The van der Waals surface area contributed by atoms with Gasteiger partial charge in [0, 0.05) is 22.3 Å². The third-order valence-electron chi connectivity index (χ3n) is 14.2. The Bertz CT molecular complexity index is 3340. The molecule has 4 aliphatic carbocycles. The van der Waals surface area contributed by atoms with Gasteiger partial charge in [-0.15, -0.1) is 0 Å². The second-order valence-electron chi connectivity index (χ2n) is 17.0. The first-order chi connectivity index (χ1) is 30.0. The van der Waals surface area contributed by atoms with Gasteiger partial charge in [-0.2, -0.15) is 0 Å². The zero-order chi connectivity index (χ0) is 40.6. The Morgan fingerprint density at radius 3 is 0.902 bits per heavy atom. The van der Waals surface area contributed by atoms with E-state index in [1.165, 1.54) is 72.3 Å². The lowest BCUT2D eigenvalue weighted by atomic mass is 9.70. The molecule has 2 heteroatoms. The first-order valence-corrected chi connectivity index (χ1v) is 21.1. The minimum absolute atomic E-state index is 0.0700. The van der Waals surface area contributed by atoms with Crippen LogP contribution in [0, 0.1) is 6.92 Å². The quantitative estimate of drug-likeness (QED) is 0.167. The topological polar surface area (TPSA) is 34.1 Å². The Labute approximate surface area is 354 Å². The zero-order valence-electron chi connectivity index (χ0n) is 33.4. The first-order valence-electron chi connectivity index (χ1n) is 21.1. The molecule has 0 fully saturated rings. The Kier molecular flexibility index (Phi) is 6.84. The lowest BCUT2D eigenvalue weighted by Crippen LogP contribution is -2.26. The molecule has 0 bridgehead atoms. The van der Waals surface area contributed by atoms with Gasteiger partial charge in [-0.05, 0) is 108 Å². The molecule has 0 saturated carbocycles. The van der Waals surface area contributed by atoms with Crippen molar-refractivity contribution in [3.05, 3.63) is 273 Å². The number of carbonyl (C=O) groups is 2. The summed E-state index contributed by atoms with van der Waals surface area (Å²) < 4.78 is 0. The second kappa shape index (κ2) is 12.2. The maximum absolute atomic E-state index is 14.5. The van der Waals surface area contributed by atoms with Crippen molar-refractivity contribution in [1.29, 1.82) is 0 Å². The van der Waals surface area contributed by atoms with E-state index < -0.39 is 10.8 Å². The molecule has 0 amide bonds. The van der Waals surface area contributed by atoms with Gasteiger partial charge in [0.25, 0.3) is 0 Å². The van der Waals surface area contributed by atoms with Gasteiger partial charge in [0.15, 0.2) is 11.6 Å². The molecule has 9 aromatic carbocycles. The van der Waals surface area contributed by atoms with Crippen LogP contribution in [0.15, 0.2) is 200 Å². The maximum atomic E-state index is 14.5. The van der Waals surface area contributed by atoms with Crippen LogP contribution in [0.1, 0.15) is 81.9 Å². The van der Waals surface area contributed by atoms with Gasteiger partial charge in [0.05, 0.1) is 10.8 Å². The monoisotopic (exact) mass is 776 g/mol. The molecule has 13 rings (SSSR count). The molecular weight excluding hydrogens is 741 g/mol. The summed E-state index contributed by atoms with van der Waals surface area (Å²) in [6.45, 7) is 2.15. The van der Waals surface area contributed by atoms with Gasteiger partial charge in [-0.25, -0.2) is 0 Å². The predicted octanol–water partition coefficient (Wildman–Crippen LogP) is 13.1. The lowest BCUT2D eigenvalue weighted by molar-refractivity contribution is 0.102. The molecule has 0 radical (unpaired) electrons. The van der Waals surface area contributed by atoms with Crippen LogP contribution in [0.2, 0.25) is 0 Å². The maximum Gasteiger partial charge on any atom is 0.193 e. The van der Waals surface area contributed by atoms with E-state index in [9.17, 15) is 9.59 Å². The molecular formula is C59H36O2. The Balaban J connectivity index is 0.883. The number of aryl methyl sites for hydroxylation is 1. The first kappa shape index (κ1) is 34.2. The summed E-state index contributed by atoms with van der Waals surface area (Å²) in [6, 6.07) is 69.9. The molecule has 0 N–H and O–H groups in total. The highest BCUT2D eigenvalue weighted by Crippen LogP contribution is 2.64. The van der Waals surface area contributed by atoms with Crippen molar-refractivity contribution in [2.45, 2.75) is 17.8 Å². The average molecular weight is 777 g/mol. The standard InChI is InChI=1S/C59H36O2/c1-35-22-29-45-42-14-5-10-20-51(42)59(53(45)32-35)52-21-11-6-16-44(52)47-31-28-39(34-55(47)59)57(61)37-25-23-36(24-26-37)56(60)38-27-30-46-43-15-4-9-19-50(43)58(54(46)33-38)48-17-7-2-12-40(48)41-13-3-8-18-49(41)58/h2-34H,1H3. The number of rotatable bonds is 4. The highest BCUT2D eigenvalue weighted by molar-refractivity contribution is 6.13. The zero-order valence-corrected chi connectivity index (χ0v) is 33.4. The molecule has 4 aliphatic rings. The van der Waals surface area contributed by atoms with Crippen molar-refractivity contribution in [3.63, 3.8) is 0 Å². The number of hydrogen-bond donors (Lipinski definition) is 0. The Hall–Kier alpha value is -7.68. The van der Waals surface area contributed by atoms with Gasteiger partial charge >= 0.3 is 0 Å². The molecule has 0 saturated heterocycles. The van der Waals surface area contributed by atoms with Crippen LogP contribution in [0.3, 0.4) is 0 Å². The SMILES string of the molecule is Cc1ccc2c(c1)C1(c3ccccc3-2)c2ccccc2-c2ccc(C(=O)c3ccc(C(=O)c4ccc5c(c4)C4(c6ccccc6-c6ccccc64)c4ccccc4-5)cc3)cc21. The summed E-state index contributed by atoms with van der Waals surface area (Å²) in [7, 11) is 0. The van der Waals surface area contributed by atoms with Crippen LogP contribution in [0.5, 0.6) is 0 Å². The predicted molar refractivity (Wildman–Crippen MR) is 244 cm³/mol. The van der Waals surface area contributed by atoms with Crippen LogP contribution in [0.25, 0.3) is 44.5 Å². The van der Waals surface area contributed by atoms with E-state index >= 15 is 0 Å². The highest BCUT2D eigenvalue weighted by Gasteiger charge is 2.53. The molecule has 61 heavy (non-hydrogen) atoms.